The van der Waals surface area contributed by atoms with Crippen LogP contribution >= 0.6 is 0 Å². The number of aromatic nitrogens is 2. The van der Waals surface area contributed by atoms with E-state index in [0.29, 0.717) is 6.54 Å². The lowest BCUT2D eigenvalue weighted by Crippen LogP contribution is -2.31. The molecular formula is C8H14FN3. The summed E-state index contributed by atoms with van der Waals surface area (Å²) in [7, 11) is 0. The first-order valence-corrected chi connectivity index (χ1v) is 4.08. The Hall–Kier alpha value is -0.900. The minimum Gasteiger partial charge on any atom is -0.336 e. The van der Waals surface area contributed by atoms with E-state index in [1.54, 1.807) is 12.5 Å². The number of hydrogen-bond donors (Lipinski definition) is 1. The number of halogens is 1. The summed E-state index contributed by atoms with van der Waals surface area (Å²) in [6.07, 6.45) is 5.39. The highest BCUT2D eigenvalue weighted by Gasteiger charge is 2.00. The smallest absolute Gasteiger partial charge is 0.102 e. The maximum atomic E-state index is 11.8. The lowest BCUT2D eigenvalue weighted by molar-refractivity contribution is 0.416. The molecule has 1 heterocycles. The van der Waals surface area contributed by atoms with Crippen LogP contribution in [0.5, 0.6) is 0 Å². The highest BCUT2D eigenvalue weighted by atomic mass is 19.1. The number of hydrogen-bond acceptors (Lipinski definition) is 2. The summed E-state index contributed by atoms with van der Waals surface area (Å²) in [4.78, 5) is 3.92. The normalized spacial score (nSPS) is 13.2. The fourth-order valence-electron chi connectivity index (χ4n) is 1.08. The van der Waals surface area contributed by atoms with Gasteiger partial charge in [-0.25, -0.2) is 9.37 Å². The average Bonchev–Trinajstić information content (AvgIpc) is 2.53. The second-order valence-electron chi connectivity index (χ2n) is 2.80. The first-order chi connectivity index (χ1) is 5.83. The number of imidazole rings is 1. The third-order valence-corrected chi connectivity index (χ3v) is 1.63. The van der Waals surface area contributed by atoms with E-state index in [1.165, 1.54) is 0 Å². The van der Waals surface area contributed by atoms with Crippen molar-refractivity contribution in [2.24, 2.45) is 0 Å². The highest BCUT2D eigenvalue weighted by Crippen LogP contribution is 1.90. The highest BCUT2D eigenvalue weighted by molar-refractivity contribution is 4.76. The molecule has 0 aliphatic carbocycles. The van der Waals surface area contributed by atoms with Gasteiger partial charge in [0.1, 0.15) is 6.67 Å². The molecule has 3 nitrogen and oxygen atoms in total. The fourth-order valence-corrected chi connectivity index (χ4v) is 1.08. The topological polar surface area (TPSA) is 29.9 Å². The molecule has 0 bridgehead atoms. The molecule has 0 aromatic carbocycles. The monoisotopic (exact) mass is 171 g/mol. The number of rotatable bonds is 5. The van der Waals surface area contributed by atoms with Crippen molar-refractivity contribution in [1.82, 2.24) is 14.9 Å². The largest absolute Gasteiger partial charge is 0.336 e. The van der Waals surface area contributed by atoms with Gasteiger partial charge in [0.25, 0.3) is 0 Å². The van der Waals surface area contributed by atoms with Crippen molar-refractivity contribution in [3.05, 3.63) is 18.7 Å². The molecule has 12 heavy (non-hydrogen) atoms. The summed E-state index contributed by atoms with van der Waals surface area (Å²) in [5.74, 6) is 0. The van der Waals surface area contributed by atoms with Crippen LogP contribution in [-0.2, 0) is 6.54 Å². The Balaban J connectivity index is 2.22. The Morgan fingerprint density at radius 2 is 2.50 bits per heavy atom. The molecule has 0 amide bonds. The third kappa shape index (κ3) is 3.00. The quantitative estimate of drug-likeness (QED) is 0.711. The van der Waals surface area contributed by atoms with Crippen LogP contribution in [0.25, 0.3) is 0 Å². The summed E-state index contributed by atoms with van der Waals surface area (Å²) >= 11 is 0. The zero-order valence-electron chi connectivity index (χ0n) is 7.20. The van der Waals surface area contributed by atoms with Gasteiger partial charge in [0.05, 0.1) is 6.33 Å². The molecule has 0 saturated carbocycles. The van der Waals surface area contributed by atoms with Gasteiger partial charge in [-0.3, -0.25) is 0 Å². The van der Waals surface area contributed by atoms with Crippen molar-refractivity contribution in [3.63, 3.8) is 0 Å². The van der Waals surface area contributed by atoms with Gasteiger partial charge in [-0.05, 0) is 6.92 Å². The summed E-state index contributed by atoms with van der Waals surface area (Å²) < 4.78 is 13.7. The molecule has 1 rings (SSSR count). The summed E-state index contributed by atoms with van der Waals surface area (Å²) in [5, 5.41) is 3.05. The van der Waals surface area contributed by atoms with E-state index in [0.717, 1.165) is 6.54 Å². The first kappa shape index (κ1) is 9.19. The predicted octanol–water partition coefficient (Wildman–Crippen LogP) is 0.831. The molecule has 1 N–H and O–H groups in total. The summed E-state index contributed by atoms with van der Waals surface area (Å²) in [5.41, 5.74) is 0. The zero-order chi connectivity index (χ0) is 8.81. The van der Waals surface area contributed by atoms with Gasteiger partial charge in [-0.15, -0.1) is 0 Å². The molecule has 0 fully saturated rings. The van der Waals surface area contributed by atoms with E-state index in [2.05, 4.69) is 10.3 Å². The second-order valence-corrected chi connectivity index (χ2v) is 2.80. The van der Waals surface area contributed by atoms with Crippen molar-refractivity contribution < 1.29 is 4.39 Å². The van der Waals surface area contributed by atoms with Crippen molar-refractivity contribution in [2.45, 2.75) is 19.5 Å². The summed E-state index contributed by atoms with van der Waals surface area (Å²) in [6.45, 7) is 2.97. The Morgan fingerprint density at radius 1 is 1.67 bits per heavy atom. The fraction of sp³-hybridized carbons (Fsp3) is 0.625. The van der Waals surface area contributed by atoms with E-state index >= 15 is 0 Å². The molecular weight excluding hydrogens is 157 g/mol. The number of nitrogens with zero attached hydrogens (tertiary/aromatic N) is 2. The Morgan fingerprint density at radius 3 is 3.08 bits per heavy atom. The molecule has 0 radical (unpaired) electrons. The lowest BCUT2D eigenvalue weighted by Gasteiger charge is -2.12. The molecule has 1 unspecified atom stereocenters. The van der Waals surface area contributed by atoms with E-state index in [-0.39, 0.29) is 12.7 Å². The van der Waals surface area contributed by atoms with Gasteiger partial charge in [0.15, 0.2) is 0 Å². The minimum absolute atomic E-state index is 0.287. The third-order valence-electron chi connectivity index (χ3n) is 1.63. The molecule has 68 valence electrons. The van der Waals surface area contributed by atoms with Crippen LogP contribution in [0.4, 0.5) is 4.39 Å². The van der Waals surface area contributed by atoms with E-state index in [9.17, 15) is 4.39 Å². The van der Waals surface area contributed by atoms with Gasteiger partial charge >= 0.3 is 0 Å². The van der Waals surface area contributed by atoms with E-state index in [4.69, 9.17) is 0 Å². The minimum atomic E-state index is -0.311. The molecule has 4 heteroatoms. The van der Waals surface area contributed by atoms with Crippen molar-refractivity contribution in [2.75, 3.05) is 13.2 Å². The van der Waals surface area contributed by atoms with Crippen LogP contribution in [0, 0.1) is 0 Å². The van der Waals surface area contributed by atoms with Gasteiger partial charge < -0.3 is 9.88 Å². The number of alkyl halides is 1. The van der Waals surface area contributed by atoms with Crippen LogP contribution in [0.2, 0.25) is 0 Å². The van der Waals surface area contributed by atoms with Crippen LogP contribution in [0.15, 0.2) is 18.7 Å². The second kappa shape index (κ2) is 4.87. The van der Waals surface area contributed by atoms with Crippen LogP contribution in [0.1, 0.15) is 6.92 Å². The summed E-state index contributed by atoms with van der Waals surface area (Å²) in [6, 6.07) is 0.287. The molecule has 0 saturated heterocycles. The van der Waals surface area contributed by atoms with Gasteiger partial charge in [-0.2, -0.15) is 0 Å². The molecule has 1 atom stereocenters. The van der Waals surface area contributed by atoms with E-state index in [1.807, 2.05) is 17.7 Å². The van der Waals surface area contributed by atoms with Crippen LogP contribution in [-0.4, -0.2) is 28.8 Å². The van der Waals surface area contributed by atoms with Gasteiger partial charge in [0, 0.05) is 31.5 Å². The van der Waals surface area contributed by atoms with Crippen molar-refractivity contribution in [3.8, 4) is 0 Å². The molecule has 1 aromatic rings. The number of nitrogens with one attached hydrogen (secondary N) is 1. The van der Waals surface area contributed by atoms with Crippen LogP contribution < -0.4 is 5.32 Å². The van der Waals surface area contributed by atoms with Gasteiger partial charge in [0.2, 0.25) is 0 Å². The van der Waals surface area contributed by atoms with E-state index < -0.39 is 0 Å². The van der Waals surface area contributed by atoms with Gasteiger partial charge in [-0.1, -0.05) is 0 Å². The Bertz CT molecular complexity index is 198. The maximum absolute atomic E-state index is 11.8. The average molecular weight is 171 g/mol. The van der Waals surface area contributed by atoms with Crippen molar-refractivity contribution in [1.29, 1.82) is 0 Å². The predicted molar refractivity (Wildman–Crippen MR) is 45.7 cm³/mol. The zero-order valence-corrected chi connectivity index (χ0v) is 7.20. The lowest BCUT2D eigenvalue weighted by atomic mass is 10.3. The first-order valence-electron chi connectivity index (χ1n) is 4.08. The molecule has 0 aliphatic heterocycles. The SMILES string of the molecule is CC(Cn1ccnc1)NCCF. The molecule has 0 aliphatic rings. The Kier molecular flexibility index (Phi) is 3.73. The molecule has 0 spiro atoms. The van der Waals surface area contributed by atoms with Crippen molar-refractivity contribution >= 4 is 0 Å². The maximum Gasteiger partial charge on any atom is 0.102 e. The van der Waals surface area contributed by atoms with Crippen LogP contribution in [0.3, 0.4) is 0 Å². The Labute approximate surface area is 71.6 Å². The standard InChI is InChI=1S/C8H14FN3/c1-8(11-3-2-9)6-12-5-4-10-7-12/h4-5,7-8,11H,2-3,6H2,1H3. The molecule has 1 aromatic heterocycles.